The van der Waals surface area contributed by atoms with Gasteiger partial charge in [-0.25, -0.2) is 14.1 Å². The first kappa shape index (κ1) is 12.2. The van der Waals surface area contributed by atoms with E-state index in [1.807, 2.05) is 13.8 Å². The van der Waals surface area contributed by atoms with Crippen LogP contribution in [0.2, 0.25) is 0 Å². The first-order chi connectivity index (χ1) is 8.04. The Hall–Kier alpha value is -1.27. The van der Waals surface area contributed by atoms with E-state index in [0.29, 0.717) is 11.4 Å². The molecule has 0 saturated carbocycles. The molecular weight excluding hydrogens is 289 g/mol. The summed E-state index contributed by atoms with van der Waals surface area (Å²) in [6.45, 7) is 3.45. The molecule has 0 fully saturated rings. The minimum atomic E-state index is -0.474. The van der Waals surface area contributed by atoms with Gasteiger partial charge in [0, 0.05) is 5.56 Å². The van der Waals surface area contributed by atoms with Gasteiger partial charge in [-0.1, -0.05) is 0 Å². The van der Waals surface area contributed by atoms with Crippen LogP contribution in [0.25, 0.3) is 5.82 Å². The molecule has 0 saturated heterocycles. The quantitative estimate of drug-likeness (QED) is 0.925. The number of aromatic nitrogens is 3. The van der Waals surface area contributed by atoms with Crippen molar-refractivity contribution in [3.63, 3.8) is 0 Å². The number of hydrogen-bond acceptors (Lipinski definition) is 3. The molecule has 0 radical (unpaired) electrons. The molecule has 0 amide bonds. The van der Waals surface area contributed by atoms with Gasteiger partial charge < -0.3 is 5.11 Å². The molecule has 0 aromatic carbocycles. The average molecular weight is 300 g/mol. The summed E-state index contributed by atoms with van der Waals surface area (Å²) in [5, 5.41) is 13.5. The lowest BCUT2D eigenvalue weighted by molar-refractivity contribution is 0.280. The third-order valence-electron chi connectivity index (χ3n) is 2.48. The molecular formula is C11H11BrFN3O. The molecule has 0 atom stereocenters. The fourth-order valence-electron chi connectivity index (χ4n) is 1.61. The van der Waals surface area contributed by atoms with Crippen LogP contribution in [0.1, 0.15) is 17.0 Å². The summed E-state index contributed by atoms with van der Waals surface area (Å²) in [7, 11) is 0. The van der Waals surface area contributed by atoms with Gasteiger partial charge in [-0.3, -0.25) is 0 Å². The molecule has 1 N–H and O–H groups in total. The Balaban J connectivity index is 2.64. The van der Waals surface area contributed by atoms with Gasteiger partial charge in [0.15, 0.2) is 5.82 Å². The lowest BCUT2D eigenvalue weighted by atomic mass is 10.2. The molecule has 2 rings (SSSR count). The van der Waals surface area contributed by atoms with E-state index in [4.69, 9.17) is 0 Å². The van der Waals surface area contributed by atoms with Crippen LogP contribution < -0.4 is 0 Å². The zero-order valence-corrected chi connectivity index (χ0v) is 11.0. The monoisotopic (exact) mass is 299 g/mol. The van der Waals surface area contributed by atoms with Gasteiger partial charge in [-0.05, 0) is 35.8 Å². The van der Waals surface area contributed by atoms with Crippen LogP contribution >= 0.6 is 15.9 Å². The molecule has 0 aliphatic carbocycles. The predicted octanol–water partition coefficient (Wildman–Crippen LogP) is 2.28. The second kappa shape index (κ2) is 4.54. The molecule has 0 aliphatic heterocycles. The third-order valence-corrected chi connectivity index (χ3v) is 3.63. The zero-order valence-electron chi connectivity index (χ0n) is 9.41. The smallest absolute Gasteiger partial charge is 0.159 e. The van der Waals surface area contributed by atoms with E-state index in [-0.39, 0.29) is 6.61 Å². The highest BCUT2D eigenvalue weighted by atomic mass is 79.9. The molecule has 17 heavy (non-hydrogen) atoms. The number of halogens is 2. The second-order valence-electron chi connectivity index (χ2n) is 3.69. The Morgan fingerprint density at radius 2 is 2.18 bits per heavy atom. The topological polar surface area (TPSA) is 50.9 Å². The summed E-state index contributed by atoms with van der Waals surface area (Å²) in [5.41, 5.74) is 2.08. The first-order valence-corrected chi connectivity index (χ1v) is 5.81. The fourth-order valence-corrected chi connectivity index (χ4v) is 1.86. The number of aliphatic hydroxyl groups excluding tert-OH is 1. The van der Waals surface area contributed by atoms with Crippen LogP contribution in [0.4, 0.5) is 4.39 Å². The van der Waals surface area contributed by atoms with Crippen LogP contribution in [0, 0.1) is 19.7 Å². The van der Waals surface area contributed by atoms with Crippen molar-refractivity contribution in [2.75, 3.05) is 0 Å². The maximum Gasteiger partial charge on any atom is 0.159 e. The van der Waals surface area contributed by atoms with Crippen LogP contribution in [0.5, 0.6) is 0 Å². The molecule has 0 bridgehead atoms. The molecule has 90 valence electrons. The molecule has 2 aromatic rings. The summed E-state index contributed by atoms with van der Waals surface area (Å²) in [4.78, 5) is 3.98. The minimum Gasteiger partial charge on any atom is -0.392 e. The van der Waals surface area contributed by atoms with E-state index < -0.39 is 5.82 Å². The van der Waals surface area contributed by atoms with Crippen molar-refractivity contribution in [1.29, 1.82) is 0 Å². The second-order valence-corrected chi connectivity index (χ2v) is 4.48. The SMILES string of the molecule is Cc1nn(-c2ncc(F)cc2CO)c(C)c1Br. The zero-order chi connectivity index (χ0) is 12.6. The maximum atomic E-state index is 13.0. The maximum absolute atomic E-state index is 13.0. The van der Waals surface area contributed by atoms with E-state index in [9.17, 15) is 9.50 Å². The lowest BCUT2D eigenvalue weighted by Gasteiger charge is -2.08. The standard InChI is InChI=1S/C11H11BrFN3O/c1-6-10(12)7(2)16(15-6)11-8(5-17)3-9(13)4-14-11/h3-4,17H,5H2,1-2H3. The minimum absolute atomic E-state index is 0.282. The Morgan fingerprint density at radius 3 is 2.71 bits per heavy atom. The normalized spacial score (nSPS) is 10.9. The van der Waals surface area contributed by atoms with Gasteiger partial charge in [0.05, 0.1) is 28.7 Å². The first-order valence-electron chi connectivity index (χ1n) is 5.02. The molecule has 0 aliphatic rings. The van der Waals surface area contributed by atoms with Crippen molar-refractivity contribution in [3.05, 3.63) is 39.5 Å². The summed E-state index contributed by atoms with van der Waals surface area (Å²) in [6.07, 6.45) is 1.11. The molecule has 4 nitrogen and oxygen atoms in total. The number of pyridine rings is 1. The van der Waals surface area contributed by atoms with Gasteiger partial charge in [0.1, 0.15) is 5.82 Å². The number of rotatable bonds is 2. The Morgan fingerprint density at radius 1 is 1.47 bits per heavy atom. The Bertz CT molecular complexity index is 568. The summed E-state index contributed by atoms with van der Waals surface area (Å²) in [6, 6.07) is 1.26. The van der Waals surface area contributed by atoms with E-state index in [1.54, 1.807) is 4.68 Å². The molecule has 0 spiro atoms. The van der Waals surface area contributed by atoms with Crippen molar-refractivity contribution in [3.8, 4) is 5.82 Å². The number of nitrogens with zero attached hydrogens (tertiary/aromatic N) is 3. The highest BCUT2D eigenvalue weighted by molar-refractivity contribution is 9.10. The van der Waals surface area contributed by atoms with Gasteiger partial charge in [-0.2, -0.15) is 5.10 Å². The van der Waals surface area contributed by atoms with Gasteiger partial charge in [0.25, 0.3) is 0 Å². The number of aliphatic hydroxyl groups is 1. The van der Waals surface area contributed by atoms with Crippen molar-refractivity contribution in [1.82, 2.24) is 14.8 Å². The molecule has 0 unspecified atom stereocenters. The van der Waals surface area contributed by atoms with Gasteiger partial charge in [-0.15, -0.1) is 0 Å². The number of hydrogen-bond donors (Lipinski definition) is 1. The largest absolute Gasteiger partial charge is 0.392 e. The van der Waals surface area contributed by atoms with Crippen LogP contribution in [0.3, 0.4) is 0 Å². The van der Waals surface area contributed by atoms with Crippen LogP contribution in [0.15, 0.2) is 16.7 Å². The average Bonchev–Trinajstić information content (AvgIpc) is 2.57. The van der Waals surface area contributed by atoms with E-state index >= 15 is 0 Å². The molecule has 6 heteroatoms. The fraction of sp³-hybridized carbons (Fsp3) is 0.273. The van der Waals surface area contributed by atoms with Crippen molar-refractivity contribution in [2.24, 2.45) is 0 Å². The molecule has 2 aromatic heterocycles. The summed E-state index contributed by atoms with van der Waals surface area (Å²) >= 11 is 3.41. The molecule has 2 heterocycles. The van der Waals surface area contributed by atoms with Crippen LogP contribution in [-0.4, -0.2) is 19.9 Å². The predicted molar refractivity (Wildman–Crippen MR) is 64.4 cm³/mol. The summed E-state index contributed by atoms with van der Waals surface area (Å²) < 4.78 is 15.5. The highest BCUT2D eigenvalue weighted by Gasteiger charge is 2.14. The van der Waals surface area contributed by atoms with Crippen LogP contribution in [-0.2, 0) is 6.61 Å². The van der Waals surface area contributed by atoms with Gasteiger partial charge in [0.2, 0.25) is 0 Å². The van der Waals surface area contributed by atoms with Crippen molar-refractivity contribution >= 4 is 15.9 Å². The van der Waals surface area contributed by atoms with Crippen molar-refractivity contribution < 1.29 is 9.50 Å². The number of aryl methyl sites for hydroxylation is 1. The Kier molecular flexibility index (Phi) is 3.26. The Labute approximate surface area is 106 Å². The summed E-state index contributed by atoms with van der Waals surface area (Å²) in [5.74, 6) is -0.0291. The van der Waals surface area contributed by atoms with E-state index in [1.165, 1.54) is 6.07 Å². The highest BCUT2D eigenvalue weighted by Crippen LogP contribution is 2.23. The van der Waals surface area contributed by atoms with Gasteiger partial charge >= 0.3 is 0 Å². The van der Waals surface area contributed by atoms with Crippen molar-refractivity contribution in [2.45, 2.75) is 20.5 Å². The van der Waals surface area contributed by atoms with E-state index in [2.05, 4.69) is 26.0 Å². The third kappa shape index (κ3) is 2.10. The van der Waals surface area contributed by atoms with E-state index in [0.717, 1.165) is 22.1 Å². The lowest BCUT2D eigenvalue weighted by Crippen LogP contribution is -2.07.